The van der Waals surface area contributed by atoms with Crippen LogP contribution in [0, 0.1) is 29.6 Å². The molecule has 1 aromatic carbocycles. The zero-order valence-corrected chi connectivity index (χ0v) is 22.9. The Kier molecular flexibility index (Phi) is 7.43. The molecule has 1 aromatic heterocycles. The molecule has 7 heteroatoms. The molecule has 0 bridgehead atoms. The standard InChI is InChI=1S/C30H41NO6/c1-7-37-24(36)16-31-17(2)25(18-10-8-9-11-19(18)31)28(26-20(32)12-29(3,4)13-21(26)33)27-22(34)14-30(5,6)15-23(27)35/h8-11,20,22,26-28,32,34H,7,12-16H2,1-6H3/t20-,22-,26-,27+,28?/m0/s1. The Morgan fingerprint density at radius 3 is 2.00 bits per heavy atom. The molecule has 37 heavy (non-hydrogen) atoms. The number of carbonyl (C=O) groups is 3. The molecule has 2 fully saturated rings. The summed E-state index contributed by atoms with van der Waals surface area (Å²) < 4.78 is 7.08. The topological polar surface area (TPSA) is 106 Å². The fourth-order valence-electron chi connectivity index (χ4n) is 7.02. The maximum Gasteiger partial charge on any atom is 0.325 e. The minimum absolute atomic E-state index is 0.00466. The number of nitrogens with zero attached hydrogens (tertiary/aromatic N) is 1. The van der Waals surface area contributed by atoms with Gasteiger partial charge in [-0.1, -0.05) is 45.9 Å². The van der Waals surface area contributed by atoms with Crippen LogP contribution >= 0.6 is 0 Å². The summed E-state index contributed by atoms with van der Waals surface area (Å²) in [7, 11) is 0. The Hall–Kier alpha value is -2.51. The molecule has 5 atom stereocenters. The van der Waals surface area contributed by atoms with Gasteiger partial charge in [-0.05, 0) is 49.1 Å². The zero-order valence-electron chi connectivity index (χ0n) is 22.9. The first-order valence-corrected chi connectivity index (χ1v) is 13.4. The van der Waals surface area contributed by atoms with Crippen molar-refractivity contribution in [3.8, 4) is 0 Å². The molecule has 0 spiro atoms. The second-order valence-electron chi connectivity index (χ2n) is 12.6. The first-order chi connectivity index (χ1) is 17.3. The SMILES string of the molecule is CCOC(=O)Cn1c(C)c(C([C@H]2C(=O)CC(C)(C)C[C@@H]2O)[C@@H]2C(=O)CC(C)(C)C[C@@H]2O)c2ccccc21. The number of carbonyl (C=O) groups excluding carboxylic acids is 3. The highest BCUT2D eigenvalue weighted by atomic mass is 16.5. The molecular formula is C30H41NO6. The van der Waals surface area contributed by atoms with Gasteiger partial charge in [0.05, 0.1) is 30.7 Å². The second kappa shape index (κ2) is 9.99. The number of benzene rings is 1. The van der Waals surface area contributed by atoms with Crippen molar-refractivity contribution in [3.05, 3.63) is 35.5 Å². The number of para-hydroxylation sites is 1. The van der Waals surface area contributed by atoms with Crippen LogP contribution in [0.4, 0.5) is 0 Å². The predicted octanol–water partition coefficient (Wildman–Crippen LogP) is 4.33. The molecule has 1 unspecified atom stereocenters. The molecule has 2 aliphatic carbocycles. The molecule has 2 aliphatic rings. The van der Waals surface area contributed by atoms with Crippen molar-refractivity contribution in [2.45, 2.75) is 91.9 Å². The largest absolute Gasteiger partial charge is 0.465 e. The number of aromatic nitrogens is 1. The molecule has 0 aliphatic heterocycles. The fraction of sp³-hybridized carbons (Fsp3) is 0.633. The summed E-state index contributed by atoms with van der Waals surface area (Å²) in [5.74, 6) is -2.89. The van der Waals surface area contributed by atoms with Gasteiger partial charge in [-0.15, -0.1) is 0 Å². The molecule has 2 aromatic rings. The molecule has 202 valence electrons. The Bertz CT molecular complexity index is 1170. The van der Waals surface area contributed by atoms with Crippen LogP contribution in [0.15, 0.2) is 24.3 Å². The average molecular weight is 512 g/mol. The molecule has 0 radical (unpaired) electrons. The molecule has 0 amide bonds. The van der Waals surface area contributed by atoms with Gasteiger partial charge in [0.2, 0.25) is 0 Å². The van der Waals surface area contributed by atoms with Crippen molar-refractivity contribution < 1.29 is 29.3 Å². The number of fused-ring (bicyclic) bond motifs is 1. The third kappa shape index (κ3) is 5.26. The van der Waals surface area contributed by atoms with Gasteiger partial charge in [0.15, 0.2) is 0 Å². The summed E-state index contributed by atoms with van der Waals surface area (Å²) in [6.45, 7) is 11.8. The number of ether oxygens (including phenoxy) is 1. The van der Waals surface area contributed by atoms with Crippen LogP contribution in [0.5, 0.6) is 0 Å². The van der Waals surface area contributed by atoms with E-state index in [1.165, 1.54) is 0 Å². The van der Waals surface area contributed by atoms with Crippen LogP contribution < -0.4 is 0 Å². The number of ketones is 2. The predicted molar refractivity (Wildman–Crippen MR) is 141 cm³/mol. The van der Waals surface area contributed by atoms with Crippen LogP contribution in [-0.4, -0.2) is 51.1 Å². The van der Waals surface area contributed by atoms with E-state index in [2.05, 4.69) is 0 Å². The highest BCUT2D eigenvalue weighted by Crippen LogP contribution is 2.51. The van der Waals surface area contributed by atoms with E-state index in [1.54, 1.807) is 6.92 Å². The third-order valence-electron chi connectivity index (χ3n) is 8.38. The van der Waals surface area contributed by atoms with Crippen molar-refractivity contribution in [3.63, 3.8) is 0 Å². The summed E-state index contributed by atoms with van der Waals surface area (Å²) in [6, 6.07) is 7.61. The molecule has 2 N–H and O–H groups in total. The summed E-state index contributed by atoms with van der Waals surface area (Å²) >= 11 is 0. The van der Waals surface area contributed by atoms with Crippen LogP contribution in [0.1, 0.15) is 77.5 Å². The van der Waals surface area contributed by atoms with Gasteiger partial charge < -0.3 is 19.5 Å². The number of Topliss-reactive ketones (excluding diaryl/α,β-unsaturated/α-hetero) is 2. The lowest BCUT2D eigenvalue weighted by atomic mass is 9.58. The number of hydrogen-bond acceptors (Lipinski definition) is 6. The number of aliphatic hydroxyl groups is 2. The van der Waals surface area contributed by atoms with Gasteiger partial charge in [0, 0.05) is 35.4 Å². The molecular weight excluding hydrogens is 470 g/mol. The van der Waals surface area contributed by atoms with Crippen LogP contribution in [0.2, 0.25) is 0 Å². The molecule has 4 rings (SSSR count). The lowest BCUT2D eigenvalue weighted by Gasteiger charge is -2.46. The minimum Gasteiger partial charge on any atom is -0.465 e. The Labute approximate surface area is 219 Å². The molecule has 1 heterocycles. The van der Waals surface area contributed by atoms with E-state index in [0.717, 1.165) is 22.2 Å². The van der Waals surface area contributed by atoms with Crippen LogP contribution in [0.3, 0.4) is 0 Å². The monoisotopic (exact) mass is 511 g/mol. The van der Waals surface area contributed by atoms with Gasteiger partial charge in [-0.2, -0.15) is 0 Å². The van der Waals surface area contributed by atoms with E-state index < -0.39 is 30.0 Å². The lowest BCUT2D eigenvalue weighted by molar-refractivity contribution is -0.145. The minimum atomic E-state index is -0.942. The maximum absolute atomic E-state index is 13.7. The summed E-state index contributed by atoms with van der Waals surface area (Å²) in [5.41, 5.74) is 1.61. The van der Waals surface area contributed by atoms with Crippen molar-refractivity contribution in [2.24, 2.45) is 22.7 Å². The van der Waals surface area contributed by atoms with Crippen LogP contribution in [-0.2, 0) is 25.7 Å². The average Bonchev–Trinajstić information content (AvgIpc) is 3.01. The smallest absolute Gasteiger partial charge is 0.325 e. The Morgan fingerprint density at radius 1 is 1.00 bits per heavy atom. The normalized spacial score (nSPS) is 28.3. The molecule has 0 saturated heterocycles. The third-order valence-corrected chi connectivity index (χ3v) is 8.38. The first-order valence-electron chi connectivity index (χ1n) is 13.4. The van der Waals surface area contributed by atoms with Crippen LogP contribution in [0.25, 0.3) is 10.9 Å². The maximum atomic E-state index is 13.7. The van der Waals surface area contributed by atoms with E-state index in [0.29, 0.717) is 25.7 Å². The van der Waals surface area contributed by atoms with Gasteiger partial charge >= 0.3 is 5.97 Å². The van der Waals surface area contributed by atoms with E-state index >= 15 is 0 Å². The molecule has 7 nitrogen and oxygen atoms in total. The van der Waals surface area contributed by atoms with Gasteiger partial charge in [-0.25, -0.2) is 0 Å². The number of rotatable bonds is 6. The number of aliphatic hydroxyl groups excluding tert-OH is 2. The van der Waals surface area contributed by atoms with Gasteiger partial charge in [0.1, 0.15) is 18.1 Å². The fourth-order valence-corrected chi connectivity index (χ4v) is 7.02. The van der Waals surface area contributed by atoms with E-state index in [9.17, 15) is 24.6 Å². The summed E-state index contributed by atoms with van der Waals surface area (Å²) in [4.78, 5) is 39.9. The van der Waals surface area contributed by atoms with Gasteiger partial charge in [0.25, 0.3) is 0 Å². The highest BCUT2D eigenvalue weighted by Gasteiger charge is 2.53. The lowest BCUT2D eigenvalue weighted by Crippen LogP contribution is -2.51. The summed E-state index contributed by atoms with van der Waals surface area (Å²) in [6.07, 6.45) is -0.417. The first kappa shape index (κ1) is 27.5. The molecule has 2 saturated carbocycles. The second-order valence-corrected chi connectivity index (χ2v) is 12.6. The van der Waals surface area contributed by atoms with Crippen molar-refractivity contribution in [2.75, 3.05) is 6.61 Å². The highest BCUT2D eigenvalue weighted by molar-refractivity contribution is 5.93. The van der Waals surface area contributed by atoms with Crippen molar-refractivity contribution in [1.29, 1.82) is 0 Å². The van der Waals surface area contributed by atoms with Gasteiger partial charge in [-0.3, -0.25) is 14.4 Å². The Morgan fingerprint density at radius 2 is 1.51 bits per heavy atom. The Balaban J connectivity index is 1.93. The summed E-state index contributed by atoms with van der Waals surface area (Å²) in [5, 5.41) is 23.6. The van der Waals surface area contributed by atoms with E-state index in [-0.39, 0.29) is 41.5 Å². The van der Waals surface area contributed by atoms with E-state index in [1.807, 2.05) is 63.5 Å². The van der Waals surface area contributed by atoms with E-state index in [4.69, 9.17) is 4.74 Å². The number of hydrogen-bond donors (Lipinski definition) is 2. The number of esters is 1. The zero-order chi connectivity index (χ0) is 27.3. The van der Waals surface area contributed by atoms with Crippen molar-refractivity contribution >= 4 is 28.4 Å². The van der Waals surface area contributed by atoms with Crippen molar-refractivity contribution in [1.82, 2.24) is 4.57 Å². The quantitative estimate of drug-likeness (QED) is 0.560.